The van der Waals surface area contributed by atoms with Crippen LogP contribution < -0.4 is 5.32 Å². The van der Waals surface area contributed by atoms with Crippen molar-refractivity contribution in [3.8, 4) is 0 Å². The molecule has 0 saturated carbocycles. The summed E-state index contributed by atoms with van der Waals surface area (Å²) >= 11 is 0. The summed E-state index contributed by atoms with van der Waals surface area (Å²) in [7, 11) is 0. The Morgan fingerprint density at radius 3 is 2.45 bits per heavy atom. The lowest BCUT2D eigenvalue weighted by Crippen LogP contribution is -2.54. The number of likely N-dealkylation sites (tertiary alicyclic amines) is 2. The van der Waals surface area contributed by atoms with Crippen molar-refractivity contribution < 1.29 is 19.1 Å². The number of nitrogens with one attached hydrogen (secondary N) is 1. The third-order valence-corrected chi connectivity index (χ3v) is 6.12. The van der Waals surface area contributed by atoms with Gasteiger partial charge in [-0.3, -0.25) is 9.59 Å². The average Bonchev–Trinajstić information content (AvgIpc) is 2.78. The quantitative estimate of drug-likeness (QED) is 0.730. The van der Waals surface area contributed by atoms with Gasteiger partial charge in [-0.1, -0.05) is 30.3 Å². The zero-order chi connectivity index (χ0) is 22.4. The second-order valence-corrected chi connectivity index (χ2v) is 8.92. The Bertz CT molecular complexity index is 767. The van der Waals surface area contributed by atoms with E-state index in [0.717, 1.165) is 18.4 Å². The fourth-order valence-electron chi connectivity index (χ4n) is 4.64. The average molecular weight is 430 g/mol. The summed E-state index contributed by atoms with van der Waals surface area (Å²) in [5.74, 6) is -0.613. The van der Waals surface area contributed by atoms with Crippen LogP contribution in [0, 0.1) is 11.8 Å². The molecular formula is C24H35N3O4. The number of amides is 3. The third kappa shape index (κ3) is 5.99. The molecule has 3 rings (SSSR count). The van der Waals surface area contributed by atoms with E-state index in [-0.39, 0.29) is 41.7 Å². The Morgan fingerprint density at radius 2 is 1.77 bits per heavy atom. The number of nitrogens with zero attached hydrogens (tertiary/aromatic N) is 2. The van der Waals surface area contributed by atoms with E-state index in [1.165, 1.54) is 0 Å². The molecule has 3 unspecified atom stereocenters. The lowest BCUT2D eigenvalue weighted by Gasteiger charge is -2.41. The van der Waals surface area contributed by atoms with Gasteiger partial charge >= 0.3 is 12.0 Å². The summed E-state index contributed by atoms with van der Waals surface area (Å²) in [5.41, 5.74) is 1.14. The molecule has 7 nitrogen and oxygen atoms in total. The number of hydrogen-bond donors (Lipinski definition) is 1. The summed E-state index contributed by atoms with van der Waals surface area (Å²) < 4.78 is 5.18. The van der Waals surface area contributed by atoms with Crippen molar-refractivity contribution in [3.63, 3.8) is 0 Å². The highest BCUT2D eigenvalue weighted by molar-refractivity contribution is 5.82. The Labute approximate surface area is 185 Å². The van der Waals surface area contributed by atoms with Gasteiger partial charge in [-0.15, -0.1) is 0 Å². The van der Waals surface area contributed by atoms with Crippen LogP contribution in [0.5, 0.6) is 0 Å². The molecule has 0 spiro atoms. The van der Waals surface area contributed by atoms with Gasteiger partial charge in [-0.2, -0.15) is 0 Å². The molecule has 1 aromatic rings. The fourth-order valence-corrected chi connectivity index (χ4v) is 4.64. The standard InChI is InChI=1S/C24H35N3O4/c1-4-31-23(29)19-11-8-12-26(14-19)22(28)21-13-20(18-9-6-5-7-10-18)15-27(16-21)24(30)25-17(2)3/h5-7,9-10,17,19-21H,4,8,11-16H2,1-3H3,(H,25,30). The Morgan fingerprint density at radius 1 is 1.06 bits per heavy atom. The largest absolute Gasteiger partial charge is 0.466 e. The van der Waals surface area contributed by atoms with Crippen LogP contribution in [0.3, 0.4) is 0 Å². The maximum absolute atomic E-state index is 13.5. The molecule has 170 valence electrons. The number of esters is 1. The fraction of sp³-hybridized carbons (Fsp3) is 0.625. The topological polar surface area (TPSA) is 79.0 Å². The van der Waals surface area contributed by atoms with Crippen LogP contribution in [0.15, 0.2) is 30.3 Å². The third-order valence-electron chi connectivity index (χ3n) is 6.12. The van der Waals surface area contributed by atoms with Gasteiger partial charge in [0.1, 0.15) is 0 Å². The number of piperidine rings is 2. The van der Waals surface area contributed by atoms with E-state index in [4.69, 9.17) is 4.74 Å². The Balaban J connectivity index is 1.75. The van der Waals surface area contributed by atoms with Crippen molar-refractivity contribution in [1.29, 1.82) is 0 Å². The first-order chi connectivity index (χ1) is 14.9. The van der Waals surface area contributed by atoms with E-state index in [1.807, 2.05) is 36.9 Å². The molecule has 2 saturated heterocycles. The van der Waals surface area contributed by atoms with Crippen molar-refractivity contribution in [2.24, 2.45) is 11.8 Å². The molecule has 2 aliphatic heterocycles. The van der Waals surface area contributed by atoms with Gasteiger partial charge in [0.2, 0.25) is 5.91 Å². The second kappa shape index (κ2) is 10.6. The Kier molecular flexibility index (Phi) is 7.93. The van der Waals surface area contributed by atoms with Gasteiger partial charge in [-0.25, -0.2) is 4.79 Å². The molecule has 0 aromatic heterocycles. The molecule has 2 aliphatic rings. The molecule has 0 bridgehead atoms. The molecule has 2 heterocycles. The van der Waals surface area contributed by atoms with Gasteiger partial charge in [0.25, 0.3) is 0 Å². The predicted octanol–water partition coefficient (Wildman–Crippen LogP) is 3.01. The highest BCUT2D eigenvalue weighted by Gasteiger charge is 2.38. The Hall–Kier alpha value is -2.57. The minimum Gasteiger partial charge on any atom is -0.466 e. The van der Waals surface area contributed by atoms with Crippen LogP contribution in [0.2, 0.25) is 0 Å². The number of rotatable bonds is 5. The molecule has 0 aliphatic carbocycles. The SMILES string of the molecule is CCOC(=O)C1CCCN(C(=O)C2CC(c3ccccc3)CN(C(=O)NC(C)C)C2)C1. The maximum Gasteiger partial charge on any atom is 0.317 e. The van der Waals surface area contributed by atoms with Gasteiger partial charge in [-0.05, 0) is 45.6 Å². The maximum atomic E-state index is 13.5. The van der Waals surface area contributed by atoms with Gasteiger partial charge in [0.15, 0.2) is 0 Å². The monoisotopic (exact) mass is 429 g/mol. The number of hydrogen-bond acceptors (Lipinski definition) is 4. The normalized spacial score (nSPS) is 24.1. The molecule has 2 fully saturated rings. The first-order valence-corrected chi connectivity index (χ1v) is 11.4. The van der Waals surface area contributed by atoms with Crippen LogP contribution in [0.25, 0.3) is 0 Å². The summed E-state index contributed by atoms with van der Waals surface area (Å²) in [6.45, 7) is 8.07. The molecule has 0 radical (unpaired) electrons. The van der Waals surface area contributed by atoms with E-state index >= 15 is 0 Å². The second-order valence-electron chi connectivity index (χ2n) is 8.92. The highest BCUT2D eigenvalue weighted by atomic mass is 16.5. The van der Waals surface area contributed by atoms with Crippen LogP contribution in [0.4, 0.5) is 4.79 Å². The van der Waals surface area contributed by atoms with Crippen molar-refractivity contribution in [2.75, 3.05) is 32.8 Å². The molecular weight excluding hydrogens is 394 g/mol. The highest BCUT2D eigenvalue weighted by Crippen LogP contribution is 2.32. The lowest BCUT2D eigenvalue weighted by molar-refractivity contribution is -0.152. The van der Waals surface area contributed by atoms with E-state index in [1.54, 1.807) is 11.8 Å². The molecule has 3 amide bonds. The van der Waals surface area contributed by atoms with E-state index < -0.39 is 0 Å². The molecule has 31 heavy (non-hydrogen) atoms. The smallest absolute Gasteiger partial charge is 0.317 e. The number of benzene rings is 1. The van der Waals surface area contributed by atoms with Crippen molar-refractivity contribution >= 4 is 17.9 Å². The number of urea groups is 1. The summed E-state index contributed by atoms with van der Waals surface area (Å²) in [5, 5.41) is 2.96. The number of carbonyl (C=O) groups excluding carboxylic acids is 3. The van der Waals surface area contributed by atoms with Crippen LogP contribution in [-0.4, -0.2) is 66.5 Å². The van der Waals surface area contributed by atoms with Crippen LogP contribution >= 0.6 is 0 Å². The first-order valence-electron chi connectivity index (χ1n) is 11.4. The molecule has 3 atom stereocenters. The van der Waals surface area contributed by atoms with Crippen LogP contribution in [0.1, 0.15) is 51.5 Å². The number of ether oxygens (including phenoxy) is 1. The molecule has 7 heteroatoms. The van der Waals surface area contributed by atoms with Crippen molar-refractivity contribution in [2.45, 2.75) is 52.0 Å². The minimum atomic E-state index is -0.280. The van der Waals surface area contributed by atoms with Crippen molar-refractivity contribution in [1.82, 2.24) is 15.1 Å². The summed E-state index contributed by atoms with van der Waals surface area (Å²) in [6, 6.07) is 9.99. The molecule has 1 aromatic carbocycles. The van der Waals surface area contributed by atoms with Gasteiger partial charge in [0.05, 0.1) is 18.4 Å². The molecule has 1 N–H and O–H groups in total. The predicted molar refractivity (Wildman–Crippen MR) is 118 cm³/mol. The van der Waals surface area contributed by atoms with E-state index in [0.29, 0.717) is 39.2 Å². The van der Waals surface area contributed by atoms with Gasteiger partial charge in [0, 0.05) is 38.1 Å². The van der Waals surface area contributed by atoms with Crippen molar-refractivity contribution in [3.05, 3.63) is 35.9 Å². The lowest BCUT2D eigenvalue weighted by atomic mass is 9.83. The number of carbonyl (C=O) groups is 3. The zero-order valence-electron chi connectivity index (χ0n) is 18.9. The van der Waals surface area contributed by atoms with E-state index in [9.17, 15) is 14.4 Å². The summed E-state index contributed by atoms with van der Waals surface area (Å²) in [4.78, 5) is 42.0. The van der Waals surface area contributed by atoms with Gasteiger partial charge < -0.3 is 19.9 Å². The zero-order valence-corrected chi connectivity index (χ0v) is 18.9. The first kappa shape index (κ1) is 23.1. The van der Waals surface area contributed by atoms with E-state index in [2.05, 4.69) is 17.4 Å². The minimum absolute atomic E-state index is 0.0335. The van der Waals surface area contributed by atoms with Crippen LogP contribution in [-0.2, 0) is 14.3 Å². The summed E-state index contributed by atoms with van der Waals surface area (Å²) in [6.07, 6.45) is 2.25.